The minimum atomic E-state index is -0.168. The maximum absolute atomic E-state index is 11.0. The Morgan fingerprint density at radius 2 is 2.24 bits per heavy atom. The molecule has 1 aromatic heterocycles. The van der Waals surface area contributed by atoms with Crippen LogP contribution in [0.2, 0.25) is 0 Å². The molecule has 1 aromatic rings. The quantitative estimate of drug-likeness (QED) is 0.784. The number of esters is 1. The molecule has 0 aliphatic heterocycles. The number of rotatable bonds is 5. The average Bonchev–Trinajstić information content (AvgIpc) is 2.32. The highest BCUT2D eigenvalue weighted by atomic mass is 79.9. The highest BCUT2D eigenvalue weighted by molar-refractivity contribution is 9.10. The fraction of sp³-hybridized carbons (Fsp3) is 0.500. The molecule has 4 nitrogen and oxygen atoms in total. The summed E-state index contributed by atoms with van der Waals surface area (Å²) in [5, 5.41) is 0. The van der Waals surface area contributed by atoms with Crippen molar-refractivity contribution in [3.8, 4) is 0 Å². The normalized spacial score (nSPS) is 10.1. The van der Waals surface area contributed by atoms with E-state index in [1.54, 1.807) is 0 Å². The van der Waals surface area contributed by atoms with Crippen LogP contribution in [0.5, 0.6) is 0 Å². The number of carbonyl (C=O) groups excluding carboxylic acids is 1. The third kappa shape index (κ3) is 4.34. The van der Waals surface area contributed by atoms with Crippen molar-refractivity contribution in [2.24, 2.45) is 0 Å². The van der Waals surface area contributed by atoms with E-state index in [0.717, 1.165) is 29.0 Å². The van der Waals surface area contributed by atoms with Crippen LogP contribution >= 0.6 is 15.9 Å². The molecule has 0 aliphatic carbocycles. The molecule has 0 aliphatic rings. The molecule has 0 fully saturated rings. The molecule has 5 heteroatoms. The SMILES string of the molecule is COC(=O)CCCN(C)c1ccc(Br)c(C)n1. The van der Waals surface area contributed by atoms with Crippen molar-refractivity contribution in [1.82, 2.24) is 4.98 Å². The molecule has 0 spiro atoms. The number of aryl methyl sites for hydroxylation is 1. The van der Waals surface area contributed by atoms with E-state index in [1.807, 2.05) is 31.0 Å². The van der Waals surface area contributed by atoms with E-state index < -0.39 is 0 Å². The molecule has 0 unspecified atom stereocenters. The van der Waals surface area contributed by atoms with Crippen LogP contribution in [0.3, 0.4) is 0 Å². The number of hydrogen-bond donors (Lipinski definition) is 0. The van der Waals surface area contributed by atoms with Crippen LogP contribution in [0.25, 0.3) is 0 Å². The molecule has 17 heavy (non-hydrogen) atoms. The van der Waals surface area contributed by atoms with Crippen LogP contribution in [0, 0.1) is 6.92 Å². The largest absolute Gasteiger partial charge is 0.469 e. The highest BCUT2D eigenvalue weighted by Gasteiger charge is 2.06. The van der Waals surface area contributed by atoms with Gasteiger partial charge in [0.2, 0.25) is 0 Å². The van der Waals surface area contributed by atoms with E-state index >= 15 is 0 Å². The van der Waals surface area contributed by atoms with Crippen LogP contribution in [0.1, 0.15) is 18.5 Å². The van der Waals surface area contributed by atoms with E-state index in [0.29, 0.717) is 6.42 Å². The topological polar surface area (TPSA) is 42.4 Å². The van der Waals surface area contributed by atoms with Crippen molar-refractivity contribution >= 4 is 27.7 Å². The van der Waals surface area contributed by atoms with Crippen molar-refractivity contribution in [3.63, 3.8) is 0 Å². The van der Waals surface area contributed by atoms with Gasteiger partial charge in [-0.3, -0.25) is 4.79 Å². The van der Waals surface area contributed by atoms with Gasteiger partial charge in [-0.05, 0) is 41.4 Å². The lowest BCUT2D eigenvalue weighted by atomic mass is 10.3. The summed E-state index contributed by atoms with van der Waals surface area (Å²) in [6.07, 6.45) is 1.20. The number of halogens is 1. The molecule has 0 saturated heterocycles. The third-order valence-corrected chi connectivity index (χ3v) is 3.34. The molecule has 0 aromatic carbocycles. The summed E-state index contributed by atoms with van der Waals surface area (Å²) in [7, 11) is 3.37. The summed E-state index contributed by atoms with van der Waals surface area (Å²) in [4.78, 5) is 17.4. The number of carbonyl (C=O) groups is 1. The van der Waals surface area contributed by atoms with Crippen molar-refractivity contribution in [2.75, 3.05) is 25.6 Å². The lowest BCUT2D eigenvalue weighted by molar-refractivity contribution is -0.140. The van der Waals surface area contributed by atoms with E-state index in [-0.39, 0.29) is 5.97 Å². The molecule has 1 rings (SSSR count). The summed E-state index contributed by atoms with van der Waals surface area (Å²) < 4.78 is 5.60. The van der Waals surface area contributed by atoms with Gasteiger partial charge in [-0.25, -0.2) is 4.98 Å². The van der Waals surface area contributed by atoms with Gasteiger partial charge in [0, 0.05) is 24.5 Å². The first kappa shape index (κ1) is 14.0. The number of pyridine rings is 1. The molecular weight excluding hydrogens is 284 g/mol. The van der Waals surface area contributed by atoms with Gasteiger partial charge < -0.3 is 9.64 Å². The molecular formula is C12H17BrN2O2. The van der Waals surface area contributed by atoms with Gasteiger partial charge in [0.15, 0.2) is 0 Å². The zero-order valence-electron chi connectivity index (χ0n) is 10.4. The molecule has 0 radical (unpaired) electrons. The monoisotopic (exact) mass is 300 g/mol. The Kier molecular flexibility index (Phi) is 5.41. The van der Waals surface area contributed by atoms with Gasteiger partial charge in [-0.2, -0.15) is 0 Å². The second-order valence-electron chi connectivity index (χ2n) is 3.84. The van der Waals surface area contributed by atoms with Crippen molar-refractivity contribution in [2.45, 2.75) is 19.8 Å². The minimum absolute atomic E-state index is 0.168. The lowest BCUT2D eigenvalue weighted by Gasteiger charge is -2.18. The first-order valence-corrected chi connectivity index (χ1v) is 6.25. The lowest BCUT2D eigenvalue weighted by Crippen LogP contribution is -2.20. The van der Waals surface area contributed by atoms with E-state index in [9.17, 15) is 4.79 Å². The van der Waals surface area contributed by atoms with Gasteiger partial charge in [0.25, 0.3) is 0 Å². The Bertz CT molecular complexity index is 396. The summed E-state index contributed by atoms with van der Waals surface area (Å²) in [5.74, 6) is 0.744. The predicted octanol–water partition coefficient (Wildman–Crippen LogP) is 2.54. The number of nitrogens with zero attached hydrogens (tertiary/aromatic N) is 2. The zero-order chi connectivity index (χ0) is 12.8. The number of hydrogen-bond acceptors (Lipinski definition) is 4. The number of methoxy groups -OCH3 is 1. The molecule has 0 saturated carbocycles. The molecule has 94 valence electrons. The van der Waals surface area contributed by atoms with Crippen molar-refractivity contribution in [3.05, 3.63) is 22.3 Å². The molecule has 0 amide bonds. The van der Waals surface area contributed by atoms with Gasteiger partial charge in [0.1, 0.15) is 5.82 Å². The van der Waals surface area contributed by atoms with Crippen LogP contribution in [0.4, 0.5) is 5.82 Å². The maximum atomic E-state index is 11.0. The Balaban J connectivity index is 2.49. The second-order valence-corrected chi connectivity index (χ2v) is 4.69. The summed E-state index contributed by atoms with van der Waals surface area (Å²) in [5.41, 5.74) is 0.960. The van der Waals surface area contributed by atoms with Crippen molar-refractivity contribution < 1.29 is 9.53 Å². The number of anilines is 1. The minimum Gasteiger partial charge on any atom is -0.469 e. The Labute approximate surface area is 110 Å². The number of ether oxygens (including phenoxy) is 1. The molecule has 0 bridgehead atoms. The fourth-order valence-electron chi connectivity index (χ4n) is 1.42. The first-order chi connectivity index (χ1) is 8.04. The fourth-order valence-corrected chi connectivity index (χ4v) is 1.64. The first-order valence-electron chi connectivity index (χ1n) is 5.45. The maximum Gasteiger partial charge on any atom is 0.305 e. The smallest absolute Gasteiger partial charge is 0.305 e. The van der Waals surface area contributed by atoms with Gasteiger partial charge in [0.05, 0.1) is 12.8 Å². The molecule has 0 atom stereocenters. The van der Waals surface area contributed by atoms with Gasteiger partial charge >= 0.3 is 5.97 Å². The van der Waals surface area contributed by atoms with E-state index in [2.05, 4.69) is 25.7 Å². The van der Waals surface area contributed by atoms with Crippen molar-refractivity contribution in [1.29, 1.82) is 0 Å². The molecule has 1 heterocycles. The van der Waals surface area contributed by atoms with Gasteiger partial charge in [-0.15, -0.1) is 0 Å². The van der Waals surface area contributed by atoms with Crippen LogP contribution < -0.4 is 4.90 Å². The average molecular weight is 301 g/mol. The Morgan fingerprint density at radius 1 is 1.53 bits per heavy atom. The van der Waals surface area contributed by atoms with E-state index in [1.165, 1.54) is 7.11 Å². The summed E-state index contributed by atoms with van der Waals surface area (Å²) >= 11 is 3.42. The van der Waals surface area contributed by atoms with Crippen LogP contribution in [-0.2, 0) is 9.53 Å². The van der Waals surface area contributed by atoms with E-state index in [4.69, 9.17) is 0 Å². The summed E-state index contributed by atoms with van der Waals surface area (Å²) in [6, 6.07) is 3.93. The van der Waals surface area contributed by atoms with Gasteiger partial charge in [-0.1, -0.05) is 0 Å². The standard InChI is InChI=1S/C12H17BrN2O2/c1-9-10(13)6-7-11(14-9)15(2)8-4-5-12(16)17-3/h6-7H,4-5,8H2,1-3H3. The number of aromatic nitrogens is 1. The Hall–Kier alpha value is -1.10. The Morgan fingerprint density at radius 3 is 2.82 bits per heavy atom. The summed E-state index contributed by atoms with van der Waals surface area (Å²) in [6.45, 7) is 2.74. The van der Waals surface area contributed by atoms with Crippen LogP contribution in [0.15, 0.2) is 16.6 Å². The second kappa shape index (κ2) is 6.59. The van der Waals surface area contributed by atoms with Crippen LogP contribution in [-0.4, -0.2) is 31.7 Å². The molecule has 0 N–H and O–H groups in total. The third-order valence-electron chi connectivity index (χ3n) is 2.50. The zero-order valence-corrected chi connectivity index (χ0v) is 12.0. The highest BCUT2D eigenvalue weighted by Crippen LogP contribution is 2.18. The predicted molar refractivity (Wildman–Crippen MR) is 71.2 cm³/mol.